The molecule has 0 saturated heterocycles. The predicted molar refractivity (Wildman–Crippen MR) is 145 cm³/mol. The topological polar surface area (TPSA) is 43.5 Å². The van der Waals surface area contributed by atoms with Crippen LogP contribution in [-0.2, 0) is 13.0 Å². The van der Waals surface area contributed by atoms with E-state index in [0.29, 0.717) is 4.99 Å². The minimum Gasteiger partial charge on any atom is -0.497 e. The second-order valence-corrected chi connectivity index (χ2v) is 9.19. The lowest BCUT2D eigenvalue weighted by molar-refractivity contribution is 0.415. The van der Waals surface area contributed by atoms with Crippen LogP contribution in [0.1, 0.15) is 24.1 Å². The van der Waals surface area contributed by atoms with Gasteiger partial charge in [0.05, 0.1) is 7.11 Å². The third-order valence-corrected chi connectivity index (χ3v) is 6.94. The highest BCUT2D eigenvalue weighted by atomic mass is 32.1. The Morgan fingerprint density at radius 1 is 0.886 bits per heavy atom. The van der Waals surface area contributed by atoms with Gasteiger partial charge in [0.2, 0.25) is 0 Å². The number of hydrogen-bond acceptors (Lipinski definition) is 3. The summed E-state index contributed by atoms with van der Waals surface area (Å²) in [5.41, 5.74) is 7.71. The van der Waals surface area contributed by atoms with Crippen molar-refractivity contribution >= 4 is 28.5 Å². The Labute approximate surface area is 210 Å². The highest BCUT2D eigenvalue weighted by Gasteiger charge is 2.29. The van der Waals surface area contributed by atoms with Crippen LogP contribution in [0.2, 0.25) is 0 Å². The molecule has 6 heteroatoms. The van der Waals surface area contributed by atoms with E-state index in [1.165, 1.54) is 5.56 Å². The van der Waals surface area contributed by atoms with E-state index in [1.807, 2.05) is 48.5 Å². The molecule has 0 amide bonds. The Morgan fingerprint density at radius 3 is 2.31 bits per heavy atom. The molecule has 1 aliphatic rings. The average Bonchev–Trinajstić information content (AvgIpc) is 3.33. The van der Waals surface area contributed by atoms with Crippen molar-refractivity contribution in [3.8, 4) is 28.3 Å². The smallest absolute Gasteiger partial charge is 0.162 e. The van der Waals surface area contributed by atoms with Gasteiger partial charge in [-0.25, -0.2) is 4.52 Å². The third-order valence-electron chi connectivity index (χ3n) is 6.64. The van der Waals surface area contributed by atoms with Crippen LogP contribution >= 0.6 is 12.2 Å². The molecule has 0 atom stereocenters. The number of thiocarbonyl (C=S) groups is 1. The molecule has 5 aromatic rings. The molecule has 0 aliphatic carbocycles. The number of para-hydroxylation sites is 1. The summed E-state index contributed by atoms with van der Waals surface area (Å²) in [5.74, 6) is 1.82. The normalized spacial score (nSPS) is 12.9. The van der Waals surface area contributed by atoms with E-state index < -0.39 is 0 Å². The average molecular weight is 479 g/mol. The van der Waals surface area contributed by atoms with Gasteiger partial charge >= 0.3 is 0 Å². The molecular weight excluding hydrogens is 452 g/mol. The summed E-state index contributed by atoms with van der Waals surface area (Å²) >= 11 is 6.04. The number of rotatable bonds is 5. The lowest BCUT2D eigenvalue weighted by Gasteiger charge is -2.12. The van der Waals surface area contributed by atoms with Gasteiger partial charge in [-0.05, 0) is 49.1 Å². The first-order valence-electron chi connectivity index (χ1n) is 11.9. The van der Waals surface area contributed by atoms with Crippen molar-refractivity contribution in [2.45, 2.75) is 25.8 Å². The zero-order chi connectivity index (χ0) is 23.8. The number of anilines is 1. The van der Waals surface area contributed by atoms with Crippen LogP contribution in [0, 0.1) is 0 Å². The largest absolute Gasteiger partial charge is 0.497 e. The number of ether oxygens (including phenoxy) is 1. The maximum atomic E-state index is 6.04. The summed E-state index contributed by atoms with van der Waals surface area (Å²) < 4.78 is 9.86. The zero-order valence-corrected chi connectivity index (χ0v) is 20.4. The van der Waals surface area contributed by atoms with Crippen molar-refractivity contribution in [3.63, 3.8) is 0 Å². The van der Waals surface area contributed by atoms with Gasteiger partial charge in [0, 0.05) is 28.9 Å². The van der Waals surface area contributed by atoms with Crippen LogP contribution in [0.4, 0.5) is 5.69 Å². The van der Waals surface area contributed by atoms with Gasteiger partial charge < -0.3 is 14.6 Å². The van der Waals surface area contributed by atoms with Crippen molar-refractivity contribution in [2.24, 2.45) is 0 Å². The predicted octanol–water partition coefficient (Wildman–Crippen LogP) is 6.60. The minimum atomic E-state index is 0.660. The maximum absolute atomic E-state index is 6.04. The number of methoxy groups -OCH3 is 1. The fourth-order valence-electron chi connectivity index (χ4n) is 5.03. The first-order valence-corrected chi connectivity index (χ1v) is 12.4. The number of nitrogens with one attached hydrogen (secondary N) is 1. The van der Waals surface area contributed by atoms with Crippen LogP contribution in [0.3, 0.4) is 0 Å². The molecule has 174 valence electrons. The van der Waals surface area contributed by atoms with Crippen LogP contribution in [-0.4, -0.2) is 26.3 Å². The Morgan fingerprint density at radius 2 is 1.60 bits per heavy atom. The lowest BCUT2D eigenvalue weighted by Crippen LogP contribution is -2.14. The van der Waals surface area contributed by atoms with E-state index in [4.69, 9.17) is 22.1 Å². The molecule has 0 radical (unpaired) electrons. The molecule has 1 aliphatic heterocycles. The van der Waals surface area contributed by atoms with E-state index in [-0.39, 0.29) is 0 Å². The molecule has 0 saturated carbocycles. The summed E-state index contributed by atoms with van der Waals surface area (Å²) in [4.78, 5) is 0.660. The number of benzene rings is 3. The second kappa shape index (κ2) is 9.04. The summed E-state index contributed by atoms with van der Waals surface area (Å²) in [7, 11) is 1.69. The highest BCUT2D eigenvalue weighted by molar-refractivity contribution is 7.81. The van der Waals surface area contributed by atoms with Crippen molar-refractivity contribution in [1.82, 2.24) is 14.2 Å². The molecule has 3 aromatic carbocycles. The molecule has 2 aromatic heterocycles. The van der Waals surface area contributed by atoms with Crippen molar-refractivity contribution in [3.05, 3.63) is 96.2 Å². The molecule has 0 bridgehead atoms. The monoisotopic (exact) mass is 478 g/mol. The summed E-state index contributed by atoms with van der Waals surface area (Å²) in [6.07, 6.45) is 3.22. The van der Waals surface area contributed by atoms with Gasteiger partial charge in [-0.1, -0.05) is 72.9 Å². The van der Waals surface area contributed by atoms with E-state index in [0.717, 1.165) is 71.1 Å². The molecule has 3 heterocycles. The van der Waals surface area contributed by atoms with E-state index in [1.54, 1.807) is 7.11 Å². The molecule has 6 rings (SSSR count). The standard InChI is InChI=1S/C29H26N4OS/c1-34-23-17-15-20(16-18-23)25-24-14-8-9-19-32-27(21-10-4-2-5-11-21)31-33(29(24)32)26(25)28(35)30-22-12-6-3-7-13-22/h2-7,10-13,15-18H,8-9,14,19H2,1H3,(H,30,35). The zero-order valence-electron chi connectivity index (χ0n) is 19.6. The first kappa shape index (κ1) is 21.6. The fraction of sp³-hybridized carbons (Fsp3) is 0.172. The minimum absolute atomic E-state index is 0.660. The SMILES string of the molecule is COc1ccc(-c2c3c4n(c(-c5ccccc5)nn4c2C(=S)Nc2ccccc2)CCCC3)cc1. The van der Waals surface area contributed by atoms with Crippen molar-refractivity contribution in [2.75, 3.05) is 12.4 Å². The number of nitrogens with zero attached hydrogens (tertiary/aromatic N) is 3. The Bertz CT molecular complexity index is 1500. The number of aryl methyl sites for hydroxylation is 2. The van der Waals surface area contributed by atoms with E-state index in [9.17, 15) is 0 Å². The van der Waals surface area contributed by atoms with Gasteiger partial charge in [-0.3, -0.25) is 0 Å². The Kier molecular flexibility index (Phi) is 5.58. The van der Waals surface area contributed by atoms with Crippen LogP contribution in [0.15, 0.2) is 84.9 Å². The van der Waals surface area contributed by atoms with Crippen molar-refractivity contribution < 1.29 is 4.74 Å². The number of aromatic nitrogens is 3. The quantitative estimate of drug-likeness (QED) is 0.289. The molecular formula is C29H26N4OS. The maximum Gasteiger partial charge on any atom is 0.162 e. The third kappa shape index (κ3) is 3.80. The van der Waals surface area contributed by atoms with E-state index >= 15 is 0 Å². The van der Waals surface area contributed by atoms with Gasteiger partial charge in [0.25, 0.3) is 0 Å². The molecule has 35 heavy (non-hydrogen) atoms. The lowest BCUT2D eigenvalue weighted by atomic mass is 9.98. The van der Waals surface area contributed by atoms with E-state index in [2.05, 4.69) is 50.8 Å². The van der Waals surface area contributed by atoms with Gasteiger partial charge in [0.1, 0.15) is 22.1 Å². The summed E-state index contributed by atoms with van der Waals surface area (Å²) in [5, 5.41) is 8.63. The molecule has 5 nitrogen and oxygen atoms in total. The fourth-order valence-corrected chi connectivity index (χ4v) is 5.34. The molecule has 0 spiro atoms. The Hall–Kier alpha value is -3.90. The van der Waals surface area contributed by atoms with Gasteiger partial charge in [0.15, 0.2) is 5.82 Å². The van der Waals surface area contributed by atoms with Crippen LogP contribution < -0.4 is 10.1 Å². The van der Waals surface area contributed by atoms with Gasteiger partial charge in [-0.2, -0.15) is 0 Å². The molecule has 1 N–H and O–H groups in total. The summed E-state index contributed by atoms with van der Waals surface area (Å²) in [6.45, 7) is 0.936. The molecule has 0 unspecified atom stereocenters. The highest BCUT2D eigenvalue weighted by Crippen LogP contribution is 2.39. The van der Waals surface area contributed by atoms with Crippen LogP contribution in [0.25, 0.3) is 28.2 Å². The molecule has 0 fully saturated rings. The number of hydrogen-bond donors (Lipinski definition) is 1. The van der Waals surface area contributed by atoms with Crippen molar-refractivity contribution in [1.29, 1.82) is 0 Å². The first-order chi connectivity index (χ1) is 17.2. The Balaban J connectivity index is 1.61. The van der Waals surface area contributed by atoms with Gasteiger partial charge in [-0.15, -0.1) is 5.10 Å². The van der Waals surface area contributed by atoms with Crippen LogP contribution in [0.5, 0.6) is 5.75 Å². The second-order valence-electron chi connectivity index (χ2n) is 8.78. The summed E-state index contributed by atoms with van der Waals surface area (Å²) in [6, 6.07) is 28.8.